The molecule has 1 rings (SSSR count). The molecule has 172 valence electrons. The van der Waals surface area contributed by atoms with Crippen molar-refractivity contribution in [3.63, 3.8) is 0 Å². The highest BCUT2D eigenvalue weighted by Gasteiger charge is 2.05. The van der Waals surface area contributed by atoms with E-state index in [1.165, 1.54) is 5.56 Å². The Hall–Kier alpha value is -2.04. The molecular weight excluding hydrogens is 390 g/mol. The van der Waals surface area contributed by atoms with E-state index in [9.17, 15) is 9.59 Å². The normalized spacial score (nSPS) is 10.1. The van der Waals surface area contributed by atoms with E-state index in [1.807, 2.05) is 31.2 Å². The average Bonchev–Trinajstić information content (AvgIpc) is 2.73. The maximum atomic E-state index is 11.7. The lowest BCUT2D eigenvalue weighted by atomic mass is 10.1. The van der Waals surface area contributed by atoms with Crippen molar-refractivity contribution >= 4 is 11.8 Å². The number of hydrogen-bond acceptors (Lipinski definition) is 7. The van der Waals surface area contributed by atoms with Crippen molar-refractivity contribution in [1.82, 2.24) is 10.6 Å². The van der Waals surface area contributed by atoms with Crippen LogP contribution in [0.15, 0.2) is 24.3 Å². The third-order valence-corrected chi connectivity index (χ3v) is 3.54. The van der Waals surface area contributed by atoms with Crippen molar-refractivity contribution in [2.24, 2.45) is 5.73 Å². The summed E-state index contributed by atoms with van der Waals surface area (Å²) in [5.41, 5.74) is 7.47. The highest BCUT2D eigenvalue weighted by atomic mass is 16.5. The quantitative estimate of drug-likeness (QED) is 0.346. The zero-order valence-corrected chi connectivity index (χ0v) is 18.4. The number of benzene rings is 1. The van der Waals surface area contributed by atoms with E-state index in [1.54, 1.807) is 14.2 Å². The van der Waals surface area contributed by atoms with E-state index < -0.39 is 0 Å². The van der Waals surface area contributed by atoms with Crippen molar-refractivity contribution < 1.29 is 28.5 Å². The van der Waals surface area contributed by atoms with Crippen molar-refractivity contribution in [1.29, 1.82) is 0 Å². The molecule has 0 fully saturated rings. The lowest BCUT2D eigenvalue weighted by Crippen LogP contribution is -2.36. The van der Waals surface area contributed by atoms with Crippen LogP contribution >= 0.6 is 0 Å². The second-order valence-corrected chi connectivity index (χ2v) is 6.32. The lowest BCUT2D eigenvalue weighted by molar-refractivity contribution is -0.126. The van der Waals surface area contributed by atoms with E-state index in [2.05, 4.69) is 15.4 Å². The fraction of sp³-hybridized carbons (Fsp3) is 0.619. The fourth-order valence-electron chi connectivity index (χ4n) is 2.03. The summed E-state index contributed by atoms with van der Waals surface area (Å²) >= 11 is 0. The molecule has 0 aliphatic heterocycles. The molecule has 0 spiro atoms. The number of methoxy groups -OCH3 is 1. The zero-order valence-electron chi connectivity index (χ0n) is 18.4. The third-order valence-electron chi connectivity index (χ3n) is 3.54. The minimum Gasteiger partial charge on any atom is -0.388 e. The topological polar surface area (TPSA) is 121 Å². The molecule has 1 aromatic rings. The van der Waals surface area contributed by atoms with E-state index in [0.717, 1.165) is 5.56 Å². The standard InChI is InChI=1S/C19H31N3O5.C2H6O/c1-16-2-4-17(5-3-16)14-21-19(24)15-22-18(23)6-8-25-10-12-27-13-11-26-9-7-20;1-3-2/h2-5H,6-15,20H2,1H3,(H,21,24)(H,22,23);1-2H3. The maximum absolute atomic E-state index is 11.7. The first-order valence-electron chi connectivity index (χ1n) is 9.95. The van der Waals surface area contributed by atoms with Crippen LogP contribution in [-0.4, -0.2) is 78.8 Å². The van der Waals surface area contributed by atoms with Crippen LogP contribution < -0.4 is 16.4 Å². The smallest absolute Gasteiger partial charge is 0.239 e. The number of nitrogens with two attached hydrogens (primary N) is 1. The van der Waals surface area contributed by atoms with Gasteiger partial charge in [0.05, 0.1) is 46.2 Å². The Balaban J connectivity index is 0.00000263. The SMILES string of the molecule is COC.Cc1ccc(CNC(=O)CNC(=O)CCOCCOCCOCCN)cc1. The fourth-order valence-corrected chi connectivity index (χ4v) is 2.03. The van der Waals surface area contributed by atoms with Gasteiger partial charge in [-0.3, -0.25) is 9.59 Å². The second kappa shape index (κ2) is 20.2. The van der Waals surface area contributed by atoms with E-state index >= 15 is 0 Å². The monoisotopic (exact) mass is 427 g/mol. The number of ether oxygens (including phenoxy) is 4. The Bertz CT molecular complexity index is 554. The Kier molecular flexibility index (Phi) is 18.9. The number of hydrogen-bond donors (Lipinski definition) is 3. The Morgan fingerprint density at radius 2 is 1.37 bits per heavy atom. The molecule has 0 saturated heterocycles. The molecule has 4 N–H and O–H groups in total. The van der Waals surface area contributed by atoms with Crippen LogP contribution in [0.4, 0.5) is 0 Å². The largest absolute Gasteiger partial charge is 0.388 e. The van der Waals surface area contributed by atoms with Gasteiger partial charge in [0.2, 0.25) is 11.8 Å². The van der Waals surface area contributed by atoms with E-state index in [4.69, 9.17) is 19.9 Å². The molecule has 0 aromatic heterocycles. The summed E-state index contributed by atoms with van der Waals surface area (Å²) in [6.45, 7) is 5.55. The van der Waals surface area contributed by atoms with Gasteiger partial charge in [-0.15, -0.1) is 0 Å². The van der Waals surface area contributed by atoms with Gasteiger partial charge >= 0.3 is 0 Å². The molecule has 9 heteroatoms. The Labute approximate surface area is 179 Å². The summed E-state index contributed by atoms with van der Waals surface area (Å²) in [7, 11) is 3.25. The lowest BCUT2D eigenvalue weighted by Gasteiger charge is -2.08. The number of carbonyl (C=O) groups is 2. The summed E-state index contributed by atoms with van der Waals surface area (Å²) in [5, 5.41) is 5.33. The first-order chi connectivity index (χ1) is 14.5. The summed E-state index contributed by atoms with van der Waals surface area (Å²) in [6.07, 6.45) is 0.199. The van der Waals surface area contributed by atoms with Gasteiger partial charge in [0.1, 0.15) is 0 Å². The van der Waals surface area contributed by atoms with Crippen molar-refractivity contribution in [3.05, 3.63) is 35.4 Å². The molecule has 9 nitrogen and oxygen atoms in total. The van der Waals surface area contributed by atoms with E-state index in [0.29, 0.717) is 46.1 Å². The van der Waals surface area contributed by atoms with Crippen LogP contribution in [0.2, 0.25) is 0 Å². The molecule has 0 unspecified atom stereocenters. The molecular formula is C21H37N3O6. The van der Waals surface area contributed by atoms with Gasteiger partial charge in [-0.2, -0.15) is 0 Å². The van der Waals surface area contributed by atoms with Crippen LogP contribution in [-0.2, 0) is 35.1 Å². The minimum absolute atomic E-state index is 0.0450. The van der Waals surface area contributed by atoms with Crippen molar-refractivity contribution in [2.45, 2.75) is 19.9 Å². The highest BCUT2D eigenvalue weighted by molar-refractivity contribution is 5.84. The van der Waals surface area contributed by atoms with Gasteiger partial charge < -0.3 is 35.3 Å². The highest BCUT2D eigenvalue weighted by Crippen LogP contribution is 2.02. The number of aryl methyl sites for hydroxylation is 1. The predicted octanol–water partition coefficient (Wildman–Crippen LogP) is 0.389. The van der Waals surface area contributed by atoms with Crippen LogP contribution in [0.3, 0.4) is 0 Å². The van der Waals surface area contributed by atoms with Gasteiger partial charge in [0.15, 0.2) is 0 Å². The Morgan fingerprint density at radius 3 is 1.93 bits per heavy atom. The molecule has 0 radical (unpaired) electrons. The molecule has 30 heavy (non-hydrogen) atoms. The Morgan fingerprint density at radius 1 is 0.833 bits per heavy atom. The minimum atomic E-state index is -0.227. The molecule has 0 saturated carbocycles. The van der Waals surface area contributed by atoms with Gasteiger partial charge in [-0.25, -0.2) is 0 Å². The maximum Gasteiger partial charge on any atom is 0.239 e. The molecule has 0 aliphatic rings. The summed E-state index contributed by atoms with van der Waals surface area (Å²) < 4.78 is 20.0. The molecule has 0 heterocycles. The summed E-state index contributed by atoms with van der Waals surface area (Å²) in [6, 6.07) is 7.90. The number of amides is 2. The van der Waals surface area contributed by atoms with Gasteiger partial charge in [-0.05, 0) is 12.5 Å². The average molecular weight is 428 g/mol. The zero-order chi connectivity index (χ0) is 22.5. The summed E-state index contributed by atoms with van der Waals surface area (Å²) in [5.74, 6) is -0.452. The third kappa shape index (κ3) is 18.0. The molecule has 1 aromatic carbocycles. The van der Waals surface area contributed by atoms with Crippen LogP contribution in [0.25, 0.3) is 0 Å². The molecule has 2 amide bonds. The number of carbonyl (C=O) groups excluding carboxylic acids is 2. The first kappa shape index (κ1) is 28.0. The van der Waals surface area contributed by atoms with Gasteiger partial charge in [-0.1, -0.05) is 29.8 Å². The number of nitrogens with one attached hydrogen (secondary N) is 2. The van der Waals surface area contributed by atoms with E-state index in [-0.39, 0.29) is 31.4 Å². The molecule has 0 atom stereocenters. The van der Waals surface area contributed by atoms with Gasteiger partial charge in [0.25, 0.3) is 0 Å². The molecule has 0 aliphatic carbocycles. The summed E-state index contributed by atoms with van der Waals surface area (Å²) in [4.78, 5) is 23.4. The number of rotatable bonds is 15. The van der Waals surface area contributed by atoms with Gasteiger partial charge in [0, 0.05) is 33.7 Å². The van der Waals surface area contributed by atoms with Crippen molar-refractivity contribution in [2.75, 3.05) is 67.0 Å². The van der Waals surface area contributed by atoms with Crippen LogP contribution in [0, 0.1) is 6.92 Å². The van der Waals surface area contributed by atoms with Crippen LogP contribution in [0.5, 0.6) is 0 Å². The predicted molar refractivity (Wildman–Crippen MR) is 115 cm³/mol. The van der Waals surface area contributed by atoms with Crippen molar-refractivity contribution in [3.8, 4) is 0 Å². The molecule has 0 bridgehead atoms. The first-order valence-corrected chi connectivity index (χ1v) is 9.95. The van der Waals surface area contributed by atoms with Crippen LogP contribution in [0.1, 0.15) is 17.5 Å². The second-order valence-electron chi connectivity index (χ2n) is 6.32.